The van der Waals surface area contributed by atoms with Crippen LogP contribution < -0.4 is 0 Å². The van der Waals surface area contributed by atoms with Gasteiger partial charge in [-0.1, -0.05) is 25.1 Å². The number of halogens is 2. The van der Waals surface area contributed by atoms with Crippen LogP contribution in [0.5, 0.6) is 0 Å². The highest BCUT2D eigenvalue weighted by atomic mass is 35.5. The summed E-state index contributed by atoms with van der Waals surface area (Å²) in [5.74, 6) is -0.876. The molecule has 0 saturated heterocycles. The molecule has 6 heteroatoms. The van der Waals surface area contributed by atoms with Crippen LogP contribution in [0.1, 0.15) is 18.6 Å². The largest absolute Gasteiger partial charge is 0.386 e. The Morgan fingerprint density at radius 3 is 2.50 bits per heavy atom. The highest BCUT2D eigenvalue weighted by Gasteiger charge is 2.31. The van der Waals surface area contributed by atoms with Crippen molar-refractivity contribution in [1.82, 2.24) is 0 Å². The van der Waals surface area contributed by atoms with E-state index < -0.39 is 26.5 Å². The van der Waals surface area contributed by atoms with Gasteiger partial charge in [0.1, 0.15) is 11.9 Å². The Morgan fingerprint density at radius 1 is 1.44 bits per heavy atom. The molecule has 16 heavy (non-hydrogen) atoms. The summed E-state index contributed by atoms with van der Waals surface area (Å²) in [7, 11) is -3.61. The van der Waals surface area contributed by atoms with Crippen LogP contribution in [-0.2, 0) is 9.84 Å². The molecule has 0 fully saturated rings. The summed E-state index contributed by atoms with van der Waals surface area (Å²) in [6.07, 6.45) is -1.56. The van der Waals surface area contributed by atoms with Crippen molar-refractivity contribution >= 4 is 21.4 Å². The summed E-state index contributed by atoms with van der Waals surface area (Å²) >= 11 is 5.62. The molecule has 0 radical (unpaired) electrons. The summed E-state index contributed by atoms with van der Waals surface area (Å²) in [4.78, 5) is 0. The van der Waals surface area contributed by atoms with Crippen LogP contribution in [0.15, 0.2) is 24.3 Å². The number of hydrogen-bond donors (Lipinski definition) is 1. The maximum Gasteiger partial charge on any atom is 0.169 e. The van der Waals surface area contributed by atoms with Crippen molar-refractivity contribution in [3.63, 3.8) is 0 Å². The van der Waals surface area contributed by atoms with E-state index in [2.05, 4.69) is 0 Å². The van der Waals surface area contributed by atoms with E-state index in [0.29, 0.717) is 0 Å². The van der Waals surface area contributed by atoms with E-state index >= 15 is 0 Å². The van der Waals surface area contributed by atoms with E-state index in [0.717, 1.165) is 6.07 Å². The van der Waals surface area contributed by atoms with Gasteiger partial charge in [-0.2, -0.15) is 0 Å². The van der Waals surface area contributed by atoms with Gasteiger partial charge in [0.25, 0.3) is 0 Å². The molecule has 0 saturated carbocycles. The quantitative estimate of drug-likeness (QED) is 0.847. The Labute approximate surface area is 98.8 Å². The third-order valence-corrected chi connectivity index (χ3v) is 5.02. The van der Waals surface area contributed by atoms with Gasteiger partial charge in [-0.15, -0.1) is 11.6 Å². The third kappa shape index (κ3) is 2.72. The van der Waals surface area contributed by atoms with E-state index in [-0.39, 0.29) is 11.3 Å². The number of benzene rings is 1. The fraction of sp³-hybridized carbons (Fsp3) is 0.400. The summed E-state index contributed by atoms with van der Waals surface area (Å²) < 4.78 is 34.6. The minimum absolute atomic E-state index is 0.112. The zero-order valence-electron chi connectivity index (χ0n) is 8.60. The van der Waals surface area contributed by atoms with Gasteiger partial charge in [-0.25, -0.2) is 12.8 Å². The van der Waals surface area contributed by atoms with E-state index in [1.54, 1.807) is 0 Å². The zero-order chi connectivity index (χ0) is 12.3. The van der Waals surface area contributed by atoms with Crippen molar-refractivity contribution in [2.45, 2.75) is 17.7 Å². The van der Waals surface area contributed by atoms with Crippen LogP contribution in [0.3, 0.4) is 0 Å². The maximum atomic E-state index is 13.3. The molecule has 1 N–H and O–H groups in total. The molecule has 0 unspecified atom stereocenters. The van der Waals surface area contributed by atoms with Gasteiger partial charge in [-0.05, 0) is 6.07 Å². The monoisotopic (exact) mass is 266 g/mol. The Bertz CT molecular complexity index is 461. The highest BCUT2D eigenvalue weighted by Crippen LogP contribution is 2.27. The number of rotatable bonds is 4. The standard InChI is InChI=1S/C10H12ClFO3S/c1-2-16(14,15)10(11)9(13)7-5-3-4-6-8(7)12/h3-6,9-10,13H,2H2,1H3/t9-,10+/m1/s1. The SMILES string of the molecule is CCS(=O)(=O)[C@H](Cl)[C@H](O)c1ccccc1F. The Hall–Kier alpha value is -0.650. The van der Waals surface area contributed by atoms with E-state index in [9.17, 15) is 17.9 Å². The van der Waals surface area contributed by atoms with Crippen molar-refractivity contribution in [1.29, 1.82) is 0 Å². The van der Waals surface area contributed by atoms with Gasteiger partial charge in [-0.3, -0.25) is 0 Å². The molecular weight excluding hydrogens is 255 g/mol. The van der Waals surface area contributed by atoms with Gasteiger partial charge in [0.05, 0.1) is 0 Å². The second-order valence-electron chi connectivity index (χ2n) is 3.27. The van der Waals surface area contributed by atoms with Gasteiger partial charge in [0, 0.05) is 11.3 Å². The molecule has 90 valence electrons. The maximum absolute atomic E-state index is 13.3. The van der Waals surface area contributed by atoms with Gasteiger partial charge >= 0.3 is 0 Å². The first-order valence-corrected chi connectivity index (χ1v) is 6.83. The second kappa shape index (κ2) is 5.12. The van der Waals surface area contributed by atoms with Crippen LogP contribution >= 0.6 is 11.6 Å². The summed E-state index contributed by atoms with van der Waals surface area (Å²) in [5.41, 5.74) is -0.112. The molecule has 0 aliphatic heterocycles. The molecule has 1 aromatic rings. The molecular formula is C10H12ClFO3S. The van der Waals surface area contributed by atoms with Crippen LogP contribution in [0, 0.1) is 5.82 Å². The number of alkyl halides is 1. The van der Waals surface area contributed by atoms with Crippen LogP contribution in [0.4, 0.5) is 4.39 Å². The molecule has 0 bridgehead atoms. The van der Waals surface area contributed by atoms with Gasteiger partial charge in [0.2, 0.25) is 0 Å². The summed E-state index contributed by atoms with van der Waals surface area (Å²) in [5, 5.41) is 9.69. The normalized spacial score (nSPS) is 15.8. The number of aliphatic hydroxyl groups is 1. The Morgan fingerprint density at radius 2 is 2.00 bits per heavy atom. The van der Waals surface area contributed by atoms with Crippen molar-refractivity contribution in [2.75, 3.05) is 5.75 Å². The molecule has 1 aromatic carbocycles. The average molecular weight is 267 g/mol. The average Bonchev–Trinajstić information content (AvgIpc) is 2.27. The molecule has 1 rings (SSSR count). The smallest absolute Gasteiger partial charge is 0.169 e. The van der Waals surface area contributed by atoms with Crippen LogP contribution in [0.25, 0.3) is 0 Å². The lowest BCUT2D eigenvalue weighted by atomic mass is 10.1. The van der Waals surface area contributed by atoms with E-state index in [1.165, 1.54) is 25.1 Å². The molecule has 0 spiro atoms. The summed E-state index contributed by atoms with van der Waals surface area (Å²) in [6, 6.07) is 5.40. The first kappa shape index (κ1) is 13.4. The number of aliphatic hydroxyl groups excluding tert-OH is 1. The minimum Gasteiger partial charge on any atom is -0.386 e. The summed E-state index contributed by atoms with van der Waals surface area (Å²) in [6.45, 7) is 1.42. The van der Waals surface area contributed by atoms with Crippen LogP contribution in [0.2, 0.25) is 0 Å². The van der Waals surface area contributed by atoms with Crippen LogP contribution in [-0.4, -0.2) is 24.0 Å². The van der Waals surface area contributed by atoms with Crippen molar-refractivity contribution in [3.05, 3.63) is 35.6 Å². The predicted molar refractivity (Wildman–Crippen MR) is 60.5 cm³/mol. The lowest BCUT2D eigenvalue weighted by Gasteiger charge is -2.17. The first-order chi connectivity index (χ1) is 7.40. The first-order valence-electron chi connectivity index (χ1n) is 4.68. The molecule has 0 heterocycles. The van der Waals surface area contributed by atoms with Gasteiger partial charge < -0.3 is 5.11 Å². The topological polar surface area (TPSA) is 54.4 Å². The fourth-order valence-electron chi connectivity index (χ4n) is 1.21. The van der Waals surface area contributed by atoms with E-state index in [1.807, 2.05) is 0 Å². The molecule has 0 amide bonds. The third-order valence-electron chi connectivity index (χ3n) is 2.22. The minimum atomic E-state index is -3.61. The zero-order valence-corrected chi connectivity index (χ0v) is 10.2. The molecule has 0 aromatic heterocycles. The predicted octanol–water partition coefficient (Wildman–Crippen LogP) is 1.86. The van der Waals surface area contributed by atoms with Crippen molar-refractivity contribution in [3.8, 4) is 0 Å². The second-order valence-corrected chi connectivity index (χ2v) is 6.41. The number of sulfone groups is 1. The van der Waals surface area contributed by atoms with Crippen molar-refractivity contribution < 1.29 is 17.9 Å². The Balaban J connectivity index is 3.04. The Kier molecular flexibility index (Phi) is 4.29. The number of hydrogen-bond acceptors (Lipinski definition) is 3. The fourth-order valence-corrected chi connectivity index (χ4v) is 2.58. The lowest BCUT2D eigenvalue weighted by molar-refractivity contribution is 0.186. The molecule has 0 aliphatic rings. The van der Waals surface area contributed by atoms with Gasteiger partial charge in [0.15, 0.2) is 14.5 Å². The highest BCUT2D eigenvalue weighted by molar-refractivity contribution is 7.93. The lowest BCUT2D eigenvalue weighted by Crippen LogP contribution is -2.25. The molecule has 0 aliphatic carbocycles. The molecule has 3 nitrogen and oxygen atoms in total. The van der Waals surface area contributed by atoms with Crippen molar-refractivity contribution in [2.24, 2.45) is 0 Å². The van der Waals surface area contributed by atoms with E-state index in [4.69, 9.17) is 11.6 Å². The molecule has 2 atom stereocenters.